The second kappa shape index (κ2) is 2.98. The molecule has 0 heterocycles. The summed E-state index contributed by atoms with van der Waals surface area (Å²) in [5.41, 5.74) is 6.26. The van der Waals surface area contributed by atoms with E-state index in [1.165, 1.54) is 36.5 Å². The highest BCUT2D eigenvalue weighted by molar-refractivity contribution is 6.26. The van der Waals surface area contributed by atoms with Crippen LogP contribution in [0.5, 0.6) is 0 Å². The Balaban J connectivity index is 2.08. The largest absolute Gasteiger partial charge is 0.0578 e. The van der Waals surface area contributed by atoms with E-state index < -0.39 is 0 Å². The average molecular weight is 254 g/mol. The highest BCUT2D eigenvalue weighted by Gasteiger charge is 2.23. The highest BCUT2D eigenvalue weighted by atomic mass is 14.3. The molecule has 0 fully saturated rings. The molecule has 94 valence electrons. The Morgan fingerprint density at radius 3 is 1.40 bits per heavy atom. The van der Waals surface area contributed by atoms with Gasteiger partial charge in [-0.3, -0.25) is 0 Å². The number of aryl methyl sites for hydroxylation is 4. The minimum Gasteiger partial charge on any atom is -0.0578 e. The quantitative estimate of drug-likeness (QED) is 0.396. The number of rotatable bonds is 0. The first-order valence-electron chi connectivity index (χ1n) is 7.64. The summed E-state index contributed by atoms with van der Waals surface area (Å²) >= 11 is 0. The first-order valence-corrected chi connectivity index (χ1v) is 7.64. The molecule has 4 aromatic rings. The molecule has 0 bridgehead atoms. The molecule has 0 aromatic heterocycles. The summed E-state index contributed by atoms with van der Waals surface area (Å²) in [7, 11) is 0. The summed E-state index contributed by atoms with van der Waals surface area (Å²) in [4.78, 5) is 0. The van der Waals surface area contributed by atoms with E-state index in [1.807, 2.05) is 0 Å². The molecule has 4 aromatic carbocycles. The molecule has 0 radical (unpaired) electrons. The third-order valence-corrected chi connectivity index (χ3v) is 5.53. The summed E-state index contributed by atoms with van der Waals surface area (Å²) in [5.74, 6) is 0. The molecule has 2 aliphatic rings. The Morgan fingerprint density at radius 1 is 0.450 bits per heavy atom. The molecule has 0 heteroatoms. The molecule has 0 spiro atoms. The van der Waals surface area contributed by atoms with E-state index in [4.69, 9.17) is 0 Å². The van der Waals surface area contributed by atoms with Gasteiger partial charge in [-0.25, -0.2) is 0 Å². The Labute approximate surface area is 117 Å². The van der Waals surface area contributed by atoms with Crippen molar-refractivity contribution in [3.63, 3.8) is 0 Å². The zero-order valence-electron chi connectivity index (χ0n) is 11.3. The number of benzene rings is 4. The normalized spacial score (nSPS) is 16.2. The molecule has 0 atom stereocenters. The van der Waals surface area contributed by atoms with E-state index in [0.717, 1.165) is 0 Å². The molecule has 0 unspecified atom stereocenters. The summed E-state index contributed by atoms with van der Waals surface area (Å²) < 4.78 is 0. The molecule has 0 saturated heterocycles. The maximum Gasteiger partial charge on any atom is -0.00210 e. The fourth-order valence-corrected chi connectivity index (χ4v) is 4.71. The van der Waals surface area contributed by atoms with Gasteiger partial charge < -0.3 is 0 Å². The van der Waals surface area contributed by atoms with Crippen molar-refractivity contribution in [2.45, 2.75) is 25.7 Å². The minimum absolute atomic E-state index is 1.22. The minimum atomic E-state index is 1.22. The third kappa shape index (κ3) is 0.924. The van der Waals surface area contributed by atoms with Crippen LogP contribution in [0, 0.1) is 0 Å². The molecule has 20 heavy (non-hydrogen) atoms. The predicted octanol–water partition coefficient (Wildman–Crippen LogP) is 4.78. The van der Waals surface area contributed by atoms with Crippen LogP contribution in [-0.4, -0.2) is 0 Å². The molecule has 2 aliphatic carbocycles. The van der Waals surface area contributed by atoms with Gasteiger partial charge in [0.25, 0.3) is 0 Å². The maximum atomic E-state index is 2.46. The Kier molecular flexibility index (Phi) is 1.46. The fraction of sp³-hybridized carbons (Fsp3) is 0.200. The third-order valence-electron chi connectivity index (χ3n) is 5.53. The molecule has 0 saturated carbocycles. The zero-order valence-corrected chi connectivity index (χ0v) is 11.3. The first kappa shape index (κ1) is 9.77. The van der Waals surface area contributed by atoms with Gasteiger partial charge in [-0.1, -0.05) is 36.4 Å². The zero-order chi connectivity index (χ0) is 12.8. The SMILES string of the molecule is c1cc2cc3c4c(ccc5cc6c(c1CC6)c2c54)CC3. The highest BCUT2D eigenvalue weighted by Crippen LogP contribution is 2.45. The van der Waals surface area contributed by atoms with Gasteiger partial charge in [0, 0.05) is 0 Å². The number of hydrogen-bond donors (Lipinski definition) is 0. The van der Waals surface area contributed by atoms with Crippen LogP contribution < -0.4 is 0 Å². The van der Waals surface area contributed by atoms with Gasteiger partial charge in [0.05, 0.1) is 0 Å². The lowest BCUT2D eigenvalue weighted by Gasteiger charge is -2.14. The summed E-state index contributed by atoms with van der Waals surface area (Å²) in [5, 5.41) is 9.17. The molecule has 0 N–H and O–H groups in total. The monoisotopic (exact) mass is 254 g/mol. The van der Waals surface area contributed by atoms with Crippen molar-refractivity contribution < 1.29 is 0 Å². The van der Waals surface area contributed by atoms with Crippen LogP contribution in [0.15, 0.2) is 36.4 Å². The van der Waals surface area contributed by atoms with E-state index in [2.05, 4.69) is 36.4 Å². The van der Waals surface area contributed by atoms with Gasteiger partial charge in [0.2, 0.25) is 0 Å². The van der Waals surface area contributed by atoms with Gasteiger partial charge in [-0.05, 0) is 80.3 Å². The van der Waals surface area contributed by atoms with Gasteiger partial charge >= 0.3 is 0 Å². The lowest BCUT2D eigenvalue weighted by atomic mass is 9.89. The average Bonchev–Trinajstić information content (AvgIpc) is 3.07. The van der Waals surface area contributed by atoms with E-state index in [-0.39, 0.29) is 0 Å². The van der Waals surface area contributed by atoms with Crippen molar-refractivity contribution >= 4 is 32.3 Å². The maximum absolute atomic E-state index is 2.46. The molecule has 0 amide bonds. The van der Waals surface area contributed by atoms with Crippen LogP contribution in [0.2, 0.25) is 0 Å². The standard InChI is InChI=1S/C20H14/c1-5-13-9-16-8-4-12-2-6-14-10-15-7-3-11(1)17(13)19(15)20(16)18(12)14/h3-4,7-10H,1-2,5-6H2. The Bertz CT molecular complexity index is 951. The molecule has 0 nitrogen and oxygen atoms in total. The van der Waals surface area contributed by atoms with Crippen LogP contribution in [0.4, 0.5) is 0 Å². The van der Waals surface area contributed by atoms with Gasteiger partial charge in [0.15, 0.2) is 0 Å². The summed E-state index contributed by atoms with van der Waals surface area (Å²) in [6.07, 6.45) is 4.89. The fourth-order valence-electron chi connectivity index (χ4n) is 4.71. The van der Waals surface area contributed by atoms with E-state index in [0.29, 0.717) is 0 Å². The topological polar surface area (TPSA) is 0 Å². The van der Waals surface area contributed by atoms with Crippen LogP contribution in [0.25, 0.3) is 32.3 Å². The predicted molar refractivity (Wildman–Crippen MR) is 85.0 cm³/mol. The van der Waals surface area contributed by atoms with E-state index >= 15 is 0 Å². The van der Waals surface area contributed by atoms with Gasteiger partial charge in [0.1, 0.15) is 0 Å². The molecule has 0 aliphatic heterocycles. The lowest BCUT2D eigenvalue weighted by molar-refractivity contribution is 1.02. The van der Waals surface area contributed by atoms with Crippen LogP contribution >= 0.6 is 0 Å². The van der Waals surface area contributed by atoms with E-state index in [1.54, 1.807) is 43.8 Å². The molecule has 6 rings (SSSR count). The van der Waals surface area contributed by atoms with Crippen molar-refractivity contribution in [2.75, 3.05) is 0 Å². The lowest BCUT2D eigenvalue weighted by Crippen LogP contribution is -1.89. The van der Waals surface area contributed by atoms with Crippen molar-refractivity contribution in [2.24, 2.45) is 0 Å². The van der Waals surface area contributed by atoms with Gasteiger partial charge in [-0.2, -0.15) is 0 Å². The number of hydrogen-bond acceptors (Lipinski definition) is 0. The second-order valence-electron chi connectivity index (χ2n) is 6.47. The summed E-state index contributed by atoms with van der Waals surface area (Å²) in [6, 6.07) is 14.3. The molecular formula is C20H14. The first-order chi connectivity index (χ1) is 9.90. The van der Waals surface area contributed by atoms with Gasteiger partial charge in [-0.15, -0.1) is 0 Å². The van der Waals surface area contributed by atoms with Crippen LogP contribution in [0.1, 0.15) is 22.3 Å². The van der Waals surface area contributed by atoms with E-state index in [9.17, 15) is 0 Å². The van der Waals surface area contributed by atoms with Crippen LogP contribution in [-0.2, 0) is 25.7 Å². The smallest absolute Gasteiger partial charge is 0.00210 e. The summed E-state index contributed by atoms with van der Waals surface area (Å²) in [6.45, 7) is 0. The Hall–Kier alpha value is -2.08. The van der Waals surface area contributed by atoms with Crippen molar-refractivity contribution in [3.05, 3.63) is 58.7 Å². The Morgan fingerprint density at radius 2 is 0.900 bits per heavy atom. The molecular weight excluding hydrogens is 240 g/mol. The second-order valence-corrected chi connectivity index (χ2v) is 6.47. The van der Waals surface area contributed by atoms with Crippen LogP contribution in [0.3, 0.4) is 0 Å². The van der Waals surface area contributed by atoms with Crippen molar-refractivity contribution in [1.82, 2.24) is 0 Å². The van der Waals surface area contributed by atoms with Crippen molar-refractivity contribution in [3.8, 4) is 0 Å². The van der Waals surface area contributed by atoms with Crippen molar-refractivity contribution in [1.29, 1.82) is 0 Å².